The lowest BCUT2D eigenvalue weighted by atomic mass is 10.1. The number of nitrogens with zero attached hydrogens (tertiary/aromatic N) is 5. The normalized spacial score (nSPS) is 14.2. The van der Waals surface area contributed by atoms with Gasteiger partial charge >= 0.3 is 0 Å². The molecule has 0 spiro atoms. The number of rotatable bonds is 6. The summed E-state index contributed by atoms with van der Waals surface area (Å²) < 4.78 is 0. The van der Waals surface area contributed by atoms with Gasteiger partial charge in [-0.25, -0.2) is 0 Å². The lowest BCUT2D eigenvalue weighted by molar-refractivity contribution is -0.140. The average Bonchev–Trinajstić information content (AvgIpc) is 2.74. The van der Waals surface area contributed by atoms with E-state index in [1.807, 2.05) is 61.2 Å². The van der Waals surface area contributed by atoms with Crippen LogP contribution >= 0.6 is 0 Å². The van der Waals surface area contributed by atoms with Gasteiger partial charge in [0.05, 0.1) is 12.2 Å². The molecule has 7 nitrogen and oxygen atoms in total. The second-order valence-corrected chi connectivity index (χ2v) is 7.80. The molecule has 0 radical (unpaired) electrons. The van der Waals surface area contributed by atoms with E-state index in [1.165, 1.54) is 6.92 Å². The Kier molecular flexibility index (Phi) is 6.80. The first-order chi connectivity index (χ1) is 13.9. The molecule has 2 heterocycles. The molecule has 1 saturated heterocycles. The van der Waals surface area contributed by atoms with E-state index in [1.54, 1.807) is 4.90 Å². The minimum Gasteiger partial charge on any atom is -0.352 e. The molecule has 0 unspecified atom stereocenters. The number of hydrogen-bond acceptors (Lipinski definition) is 5. The SMILES string of the molecule is CC(=O)N(CC(=O)N1CCN(c2ccc(-c3ccccc3)nn2)CC1)CC(C)C. The van der Waals surface area contributed by atoms with Crippen molar-refractivity contribution in [3.8, 4) is 11.3 Å². The lowest BCUT2D eigenvalue weighted by Gasteiger charge is -2.36. The van der Waals surface area contributed by atoms with Crippen LogP contribution in [0.1, 0.15) is 20.8 Å². The Morgan fingerprint density at radius 3 is 2.24 bits per heavy atom. The predicted molar refractivity (Wildman–Crippen MR) is 113 cm³/mol. The number of piperazine rings is 1. The van der Waals surface area contributed by atoms with Crippen molar-refractivity contribution >= 4 is 17.6 Å². The summed E-state index contributed by atoms with van der Waals surface area (Å²) in [5.74, 6) is 1.11. The summed E-state index contributed by atoms with van der Waals surface area (Å²) in [6.45, 7) is 9.01. The van der Waals surface area contributed by atoms with Crippen LogP contribution in [0.2, 0.25) is 0 Å². The highest BCUT2D eigenvalue weighted by molar-refractivity contribution is 5.84. The molecule has 1 aromatic carbocycles. The Hall–Kier alpha value is -2.96. The van der Waals surface area contributed by atoms with Crippen LogP contribution in [0.4, 0.5) is 5.82 Å². The highest BCUT2D eigenvalue weighted by Crippen LogP contribution is 2.19. The van der Waals surface area contributed by atoms with Crippen LogP contribution < -0.4 is 4.90 Å². The Morgan fingerprint density at radius 2 is 1.69 bits per heavy atom. The zero-order chi connectivity index (χ0) is 20.8. The Bertz CT molecular complexity index is 815. The van der Waals surface area contributed by atoms with Gasteiger partial charge in [0.15, 0.2) is 5.82 Å². The quantitative estimate of drug-likeness (QED) is 0.751. The topological polar surface area (TPSA) is 69.6 Å². The number of benzene rings is 1. The summed E-state index contributed by atoms with van der Waals surface area (Å²) in [5.41, 5.74) is 1.89. The van der Waals surface area contributed by atoms with Crippen molar-refractivity contribution in [2.24, 2.45) is 5.92 Å². The van der Waals surface area contributed by atoms with E-state index in [9.17, 15) is 9.59 Å². The maximum atomic E-state index is 12.6. The van der Waals surface area contributed by atoms with Gasteiger partial charge in [0, 0.05) is 45.2 Å². The smallest absolute Gasteiger partial charge is 0.242 e. The molecule has 2 amide bonds. The van der Waals surface area contributed by atoms with Gasteiger partial charge in [0.2, 0.25) is 11.8 Å². The van der Waals surface area contributed by atoms with E-state index in [2.05, 4.69) is 15.1 Å². The van der Waals surface area contributed by atoms with Crippen molar-refractivity contribution in [1.29, 1.82) is 0 Å². The van der Waals surface area contributed by atoms with Crippen molar-refractivity contribution in [1.82, 2.24) is 20.0 Å². The fourth-order valence-corrected chi connectivity index (χ4v) is 3.45. The third-order valence-electron chi connectivity index (χ3n) is 5.03. The summed E-state index contributed by atoms with van der Waals surface area (Å²) in [6.07, 6.45) is 0. The van der Waals surface area contributed by atoms with E-state index in [-0.39, 0.29) is 18.4 Å². The van der Waals surface area contributed by atoms with E-state index in [0.717, 1.165) is 17.1 Å². The Balaban J connectivity index is 1.54. The molecule has 2 aromatic rings. The van der Waals surface area contributed by atoms with E-state index < -0.39 is 0 Å². The molecule has 0 bridgehead atoms. The minimum absolute atomic E-state index is 0.00556. The Morgan fingerprint density at radius 1 is 1.00 bits per heavy atom. The minimum atomic E-state index is -0.0560. The maximum Gasteiger partial charge on any atom is 0.242 e. The van der Waals surface area contributed by atoms with Gasteiger partial charge in [0.1, 0.15) is 0 Å². The summed E-state index contributed by atoms with van der Waals surface area (Å²) >= 11 is 0. The molecular formula is C22H29N5O2. The lowest BCUT2D eigenvalue weighted by Crippen LogP contribution is -2.52. The summed E-state index contributed by atoms with van der Waals surface area (Å²) in [7, 11) is 0. The van der Waals surface area contributed by atoms with Crippen LogP contribution in [-0.4, -0.2) is 71.1 Å². The molecular weight excluding hydrogens is 366 g/mol. The highest BCUT2D eigenvalue weighted by Gasteiger charge is 2.24. The van der Waals surface area contributed by atoms with E-state index in [0.29, 0.717) is 38.6 Å². The molecule has 1 aromatic heterocycles. The average molecular weight is 396 g/mol. The molecule has 29 heavy (non-hydrogen) atoms. The van der Waals surface area contributed by atoms with Crippen molar-refractivity contribution < 1.29 is 9.59 Å². The van der Waals surface area contributed by atoms with Gasteiger partial charge in [-0.3, -0.25) is 9.59 Å². The third kappa shape index (κ3) is 5.53. The van der Waals surface area contributed by atoms with E-state index in [4.69, 9.17) is 0 Å². The summed E-state index contributed by atoms with van der Waals surface area (Å²) in [6, 6.07) is 13.9. The van der Waals surface area contributed by atoms with Crippen LogP contribution in [0.25, 0.3) is 11.3 Å². The summed E-state index contributed by atoms with van der Waals surface area (Å²) in [4.78, 5) is 30.0. The molecule has 1 aliphatic rings. The maximum absolute atomic E-state index is 12.6. The first kappa shape index (κ1) is 20.8. The highest BCUT2D eigenvalue weighted by atomic mass is 16.2. The molecule has 1 fully saturated rings. The van der Waals surface area contributed by atoms with Crippen LogP contribution in [0.15, 0.2) is 42.5 Å². The van der Waals surface area contributed by atoms with Gasteiger partial charge in [-0.15, -0.1) is 10.2 Å². The molecule has 3 rings (SSSR count). The molecule has 0 saturated carbocycles. The van der Waals surface area contributed by atoms with Crippen molar-refractivity contribution in [2.45, 2.75) is 20.8 Å². The fourth-order valence-electron chi connectivity index (χ4n) is 3.45. The van der Waals surface area contributed by atoms with Crippen molar-refractivity contribution in [3.63, 3.8) is 0 Å². The standard InChI is InChI=1S/C22H29N5O2/c1-17(2)15-27(18(3)28)16-22(29)26-13-11-25(12-14-26)21-10-9-20(23-24-21)19-7-5-4-6-8-19/h4-10,17H,11-16H2,1-3H3. The largest absolute Gasteiger partial charge is 0.352 e. The van der Waals surface area contributed by atoms with Crippen LogP contribution in [0.3, 0.4) is 0 Å². The van der Waals surface area contributed by atoms with Crippen LogP contribution in [-0.2, 0) is 9.59 Å². The van der Waals surface area contributed by atoms with Gasteiger partial charge < -0.3 is 14.7 Å². The molecule has 154 valence electrons. The van der Waals surface area contributed by atoms with Gasteiger partial charge in [0.25, 0.3) is 0 Å². The predicted octanol–water partition coefficient (Wildman–Crippen LogP) is 2.30. The van der Waals surface area contributed by atoms with Crippen molar-refractivity contribution in [3.05, 3.63) is 42.5 Å². The number of carbonyl (C=O) groups excluding carboxylic acids is 2. The number of hydrogen-bond donors (Lipinski definition) is 0. The molecule has 0 atom stereocenters. The first-order valence-electron chi connectivity index (χ1n) is 10.1. The monoisotopic (exact) mass is 395 g/mol. The summed E-state index contributed by atoms with van der Waals surface area (Å²) in [5, 5.41) is 8.72. The molecule has 0 aliphatic carbocycles. The zero-order valence-electron chi connectivity index (χ0n) is 17.4. The van der Waals surface area contributed by atoms with E-state index >= 15 is 0 Å². The molecule has 7 heteroatoms. The molecule has 1 aliphatic heterocycles. The molecule has 0 N–H and O–H groups in total. The number of anilines is 1. The number of aromatic nitrogens is 2. The first-order valence-corrected chi connectivity index (χ1v) is 10.1. The van der Waals surface area contributed by atoms with Gasteiger partial charge in [-0.1, -0.05) is 44.2 Å². The van der Waals surface area contributed by atoms with Gasteiger partial charge in [-0.05, 0) is 18.1 Å². The zero-order valence-corrected chi connectivity index (χ0v) is 17.4. The van der Waals surface area contributed by atoms with Gasteiger partial charge in [-0.2, -0.15) is 0 Å². The third-order valence-corrected chi connectivity index (χ3v) is 5.03. The fraction of sp³-hybridized carbons (Fsp3) is 0.455. The second-order valence-electron chi connectivity index (χ2n) is 7.80. The number of amides is 2. The Labute approximate surface area is 172 Å². The number of carbonyl (C=O) groups is 2. The van der Waals surface area contributed by atoms with Crippen molar-refractivity contribution in [2.75, 3.05) is 44.2 Å². The van der Waals surface area contributed by atoms with Crippen LogP contribution in [0.5, 0.6) is 0 Å². The van der Waals surface area contributed by atoms with Crippen LogP contribution in [0, 0.1) is 5.92 Å². The second kappa shape index (κ2) is 9.49.